The van der Waals surface area contributed by atoms with E-state index in [2.05, 4.69) is 36.6 Å². The van der Waals surface area contributed by atoms with Crippen molar-refractivity contribution in [3.8, 4) is 0 Å². The van der Waals surface area contributed by atoms with Gasteiger partial charge in [-0.15, -0.1) is 0 Å². The van der Waals surface area contributed by atoms with Gasteiger partial charge in [-0.3, -0.25) is 4.79 Å². The van der Waals surface area contributed by atoms with E-state index >= 15 is 0 Å². The van der Waals surface area contributed by atoms with Crippen molar-refractivity contribution in [2.75, 3.05) is 6.54 Å². The Morgan fingerprint density at radius 2 is 2.11 bits per heavy atom. The average Bonchev–Trinajstić information content (AvgIpc) is 2.68. The molecule has 1 fully saturated rings. The van der Waals surface area contributed by atoms with Crippen molar-refractivity contribution in [1.82, 2.24) is 10.6 Å². The predicted molar refractivity (Wildman–Crippen MR) is 73.4 cm³/mol. The monoisotopic (exact) mass is 246 g/mol. The summed E-state index contributed by atoms with van der Waals surface area (Å²) in [5, 5.41) is 6.55. The molecule has 3 nitrogen and oxygen atoms in total. The van der Waals surface area contributed by atoms with Gasteiger partial charge in [0.05, 0.1) is 0 Å². The second kappa shape index (κ2) is 5.53. The van der Waals surface area contributed by atoms with Gasteiger partial charge in [0.1, 0.15) is 0 Å². The molecule has 3 heteroatoms. The first-order chi connectivity index (χ1) is 8.58. The van der Waals surface area contributed by atoms with E-state index < -0.39 is 0 Å². The van der Waals surface area contributed by atoms with Crippen LogP contribution in [0.25, 0.3) is 0 Å². The van der Waals surface area contributed by atoms with E-state index in [1.165, 1.54) is 5.56 Å². The van der Waals surface area contributed by atoms with E-state index in [4.69, 9.17) is 0 Å². The third kappa shape index (κ3) is 3.33. The van der Waals surface area contributed by atoms with Crippen molar-refractivity contribution in [1.29, 1.82) is 0 Å². The Kier molecular flexibility index (Phi) is 4.02. The maximum absolute atomic E-state index is 11.9. The normalized spacial score (nSPS) is 21.8. The summed E-state index contributed by atoms with van der Waals surface area (Å²) in [4.78, 5) is 11.9. The van der Waals surface area contributed by atoms with Crippen LogP contribution in [0.4, 0.5) is 0 Å². The Hall–Kier alpha value is -1.35. The summed E-state index contributed by atoms with van der Waals surface area (Å²) in [6, 6.07) is 10.4. The highest BCUT2D eigenvalue weighted by molar-refractivity contribution is 5.76. The molecule has 18 heavy (non-hydrogen) atoms. The quantitative estimate of drug-likeness (QED) is 0.851. The van der Waals surface area contributed by atoms with Crippen molar-refractivity contribution >= 4 is 5.91 Å². The van der Waals surface area contributed by atoms with Crippen LogP contribution in [0.15, 0.2) is 30.3 Å². The predicted octanol–water partition coefficient (Wildman–Crippen LogP) is 1.88. The fraction of sp³-hybridized carbons (Fsp3) is 0.533. The molecule has 1 aromatic carbocycles. The number of aryl methyl sites for hydroxylation is 1. The number of rotatable bonds is 4. The van der Waals surface area contributed by atoms with Crippen molar-refractivity contribution in [2.24, 2.45) is 0 Å². The summed E-state index contributed by atoms with van der Waals surface area (Å²) in [6.07, 6.45) is 2.40. The number of amides is 1. The minimum Gasteiger partial charge on any atom is -0.351 e. The van der Waals surface area contributed by atoms with Gasteiger partial charge in [-0.1, -0.05) is 30.3 Å². The van der Waals surface area contributed by atoms with Gasteiger partial charge in [-0.05, 0) is 38.8 Å². The number of nitrogens with one attached hydrogen (secondary N) is 2. The van der Waals surface area contributed by atoms with Crippen molar-refractivity contribution in [3.05, 3.63) is 35.9 Å². The lowest BCUT2D eigenvalue weighted by Gasteiger charge is -2.27. The molecule has 2 N–H and O–H groups in total. The van der Waals surface area contributed by atoms with Crippen LogP contribution < -0.4 is 10.6 Å². The largest absolute Gasteiger partial charge is 0.351 e. The third-order valence-corrected chi connectivity index (χ3v) is 3.70. The Bertz CT molecular complexity index is 400. The van der Waals surface area contributed by atoms with E-state index in [0.717, 1.165) is 19.4 Å². The third-order valence-electron chi connectivity index (χ3n) is 3.70. The van der Waals surface area contributed by atoms with Crippen LogP contribution in [-0.2, 0) is 11.2 Å². The first kappa shape index (κ1) is 13.1. The molecule has 1 aliphatic heterocycles. The Morgan fingerprint density at radius 3 is 2.72 bits per heavy atom. The maximum Gasteiger partial charge on any atom is 0.220 e. The molecule has 1 aliphatic rings. The summed E-state index contributed by atoms with van der Waals surface area (Å²) in [5.41, 5.74) is 1.24. The van der Waals surface area contributed by atoms with Crippen LogP contribution in [0.1, 0.15) is 32.3 Å². The van der Waals surface area contributed by atoms with E-state index in [1.54, 1.807) is 0 Å². The summed E-state index contributed by atoms with van der Waals surface area (Å²) in [6.45, 7) is 5.26. The number of hydrogen-bond donors (Lipinski definition) is 2. The molecule has 1 amide bonds. The zero-order chi connectivity index (χ0) is 13.0. The van der Waals surface area contributed by atoms with Crippen molar-refractivity contribution in [2.45, 2.75) is 44.7 Å². The number of carbonyl (C=O) groups excluding carboxylic acids is 1. The van der Waals surface area contributed by atoms with Gasteiger partial charge < -0.3 is 10.6 Å². The molecule has 1 heterocycles. The van der Waals surface area contributed by atoms with Crippen LogP contribution in [0.5, 0.6) is 0 Å². The molecule has 0 aliphatic carbocycles. The fourth-order valence-electron chi connectivity index (χ4n) is 2.44. The first-order valence-electron chi connectivity index (χ1n) is 6.66. The van der Waals surface area contributed by atoms with E-state index in [0.29, 0.717) is 6.42 Å². The summed E-state index contributed by atoms with van der Waals surface area (Å²) in [7, 11) is 0. The van der Waals surface area contributed by atoms with Gasteiger partial charge in [0.15, 0.2) is 0 Å². The first-order valence-corrected chi connectivity index (χ1v) is 6.66. The molecular formula is C15H22N2O. The molecule has 0 aromatic heterocycles. The van der Waals surface area contributed by atoms with Crippen molar-refractivity contribution < 1.29 is 4.79 Å². The number of carbonyl (C=O) groups is 1. The van der Waals surface area contributed by atoms with E-state index in [-0.39, 0.29) is 17.5 Å². The van der Waals surface area contributed by atoms with Crippen LogP contribution in [0.2, 0.25) is 0 Å². The number of hydrogen-bond acceptors (Lipinski definition) is 2. The van der Waals surface area contributed by atoms with Gasteiger partial charge in [0.2, 0.25) is 5.91 Å². The second-order valence-electron chi connectivity index (χ2n) is 5.54. The van der Waals surface area contributed by atoms with Gasteiger partial charge in [0.25, 0.3) is 0 Å². The lowest BCUT2D eigenvalue weighted by Crippen LogP contribution is -2.50. The summed E-state index contributed by atoms with van der Waals surface area (Å²) >= 11 is 0. The molecule has 2 rings (SSSR count). The van der Waals surface area contributed by atoms with E-state index in [1.807, 2.05) is 18.2 Å². The zero-order valence-electron chi connectivity index (χ0n) is 11.2. The standard InChI is InChI=1S/C15H22N2O/c1-15(2)13(10-11-16-15)17-14(18)9-8-12-6-4-3-5-7-12/h3-7,13,16H,8-11H2,1-2H3,(H,17,18). The lowest BCUT2D eigenvalue weighted by molar-refractivity contribution is -0.122. The van der Waals surface area contributed by atoms with Gasteiger partial charge >= 0.3 is 0 Å². The highest BCUT2D eigenvalue weighted by atomic mass is 16.1. The van der Waals surface area contributed by atoms with Gasteiger partial charge in [-0.25, -0.2) is 0 Å². The average molecular weight is 246 g/mol. The van der Waals surface area contributed by atoms with Crippen LogP contribution in [0, 0.1) is 0 Å². The maximum atomic E-state index is 11.9. The van der Waals surface area contributed by atoms with E-state index in [9.17, 15) is 4.79 Å². The van der Waals surface area contributed by atoms with Gasteiger partial charge in [-0.2, -0.15) is 0 Å². The minimum atomic E-state index is 0.0163. The lowest BCUT2D eigenvalue weighted by atomic mass is 9.96. The molecular weight excluding hydrogens is 224 g/mol. The second-order valence-corrected chi connectivity index (χ2v) is 5.54. The molecule has 0 saturated carbocycles. The highest BCUT2D eigenvalue weighted by Crippen LogP contribution is 2.18. The molecule has 0 bridgehead atoms. The number of benzene rings is 1. The Morgan fingerprint density at radius 1 is 1.39 bits per heavy atom. The Balaban J connectivity index is 1.79. The minimum absolute atomic E-state index is 0.0163. The smallest absolute Gasteiger partial charge is 0.220 e. The van der Waals surface area contributed by atoms with Crippen LogP contribution in [-0.4, -0.2) is 24.0 Å². The van der Waals surface area contributed by atoms with Crippen LogP contribution >= 0.6 is 0 Å². The fourth-order valence-corrected chi connectivity index (χ4v) is 2.44. The molecule has 1 aromatic rings. The summed E-state index contributed by atoms with van der Waals surface area (Å²) < 4.78 is 0. The highest BCUT2D eigenvalue weighted by Gasteiger charge is 2.34. The Labute approximate surface area is 109 Å². The SMILES string of the molecule is CC1(C)NCCC1NC(=O)CCc1ccccc1. The zero-order valence-corrected chi connectivity index (χ0v) is 11.2. The molecule has 0 radical (unpaired) electrons. The molecule has 1 atom stereocenters. The molecule has 0 spiro atoms. The van der Waals surface area contributed by atoms with Crippen molar-refractivity contribution in [3.63, 3.8) is 0 Å². The van der Waals surface area contributed by atoms with Crippen LogP contribution in [0.3, 0.4) is 0 Å². The molecule has 1 unspecified atom stereocenters. The van der Waals surface area contributed by atoms with Gasteiger partial charge in [0, 0.05) is 18.0 Å². The molecule has 98 valence electrons. The topological polar surface area (TPSA) is 41.1 Å². The summed E-state index contributed by atoms with van der Waals surface area (Å²) in [5.74, 6) is 0.153. The molecule has 1 saturated heterocycles.